The number of hydrogen-bond acceptors (Lipinski definition) is 5. The molecule has 2 aromatic heterocycles. The number of ketones is 1. The third kappa shape index (κ3) is 3.61. The first-order valence-electron chi connectivity index (χ1n) is 10.4. The molecule has 5 rings (SSSR count). The Hall–Kier alpha value is -4.45. The molecule has 0 unspecified atom stereocenters. The number of fused-ring (bicyclic) bond motifs is 3. The normalized spacial score (nSPS) is 11.1. The van der Waals surface area contributed by atoms with Crippen LogP contribution >= 0.6 is 0 Å². The molecule has 0 bridgehead atoms. The van der Waals surface area contributed by atoms with E-state index in [2.05, 4.69) is 5.32 Å². The van der Waals surface area contributed by atoms with E-state index >= 15 is 0 Å². The van der Waals surface area contributed by atoms with Crippen LogP contribution < -0.4 is 10.9 Å². The molecule has 0 aliphatic carbocycles. The van der Waals surface area contributed by atoms with E-state index in [4.69, 9.17) is 8.83 Å². The van der Waals surface area contributed by atoms with Gasteiger partial charge in [0.2, 0.25) is 11.7 Å². The van der Waals surface area contributed by atoms with E-state index in [9.17, 15) is 14.4 Å². The minimum atomic E-state index is -0.464. The van der Waals surface area contributed by atoms with Crippen molar-refractivity contribution < 1.29 is 18.4 Å². The zero-order valence-electron chi connectivity index (χ0n) is 18.0. The summed E-state index contributed by atoms with van der Waals surface area (Å²) >= 11 is 0. The van der Waals surface area contributed by atoms with Crippen LogP contribution in [0, 0.1) is 6.92 Å². The molecule has 0 aliphatic heterocycles. The molecule has 0 radical (unpaired) electrons. The highest BCUT2D eigenvalue weighted by molar-refractivity contribution is 6.20. The second-order valence-corrected chi connectivity index (χ2v) is 7.82. The Morgan fingerprint density at radius 1 is 0.879 bits per heavy atom. The molecule has 5 aromatic rings. The number of benzene rings is 3. The molecule has 1 N–H and O–H groups in total. The van der Waals surface area contributed by atoms with Gasteiger partial charge in [0.15, 0.2) is 5.76 Å². The van der Waals surface area contributed by atoms with E-state index in [0.29, 0.717) is 33.4 Å². The van der Waals surface area contributed by atoms with Crippen LogP contribution in [0.3, 0.4) is 0 Å². The zero-order chi connectivity index (χ0) is 23.1. The van der Waals surface area contributed by atoms with Crippen molar-refractivity contribution in [2.45, 2.75) is 13.8 Å². The number of rotatable bonds is 4. The standard InChI is InChI=1S/C27H19NO5/c1-15-14-22(30)33-26-20(15)12-13-21-24(26)23(17-6-4-3-5-7-17)27(32-21)25(31)18-8-10-19(11-9-18)28-16(2)29/h3-14H,1-2H3,(H,28,29). The first-order chi connectivity index (χ1) is 15.9. The number of furan rings is 1. The lowest BCUT2D eigenvalue weighted by molar-refractivity contribution is -0.114. The van der Waals surface area contributed by atoms with Crippen molar-refractivity contribution in [1.29, 1.82) is 0 Å². The fourth-order valence-electron chi connectivity index (χ4n) is 4.04. The number of anilines is 1. The largest absolute Gasteiger partial charge is 0.452 e. The molecule has 0 saturated carbocycles. The van der Waals surface area contributed by atoms with Gasteiger partial charge in [0.05, 0.1) is 5.39 Å². The summed E-state index contributed by atoms with van der Waals surface area (Å²) in [6.07, 6.45) is 0. The van der Waals surface area contributed by atoms with Gasteiger partial charge in [-0.15, -0.1) is 0 Å². The number of nitrogens with one attached hydrogen (secondary N) is 1. The zero-order valence-corrected chi connectivity index (χ0v) is 18.0. The maximum absolute atomic E-state index is 13.5. The van der Waals surface area contributed by atoms with Crippen molar-refractivity contribution in [3.63, 3.8) is 0 Å². The van der Waals surface area contributed by atoms with Gasteiger partial charge in [-0.2, -0.15) is 0 Å². The van der Waals surface area contributed by atoms with E-state index in [1.807, 2.05) is 43.3 Å². The fourth-order valence-corrected chi connectivity index (χ4v) is 4.04. The third-order valence-electron chi connectivity index (χ3n) is 5.51. The lowest BCUT2D eigenvalue weighted by atomic mass is 9.96. The van der Waals surface area contributed by atoms with Gasteiger partial charge < -0.3 is 14.2 Å². The summed E-state index contributed by atoms with van der Waals surface area (Å²) in [6.45, 7) is 3.26. The van der Waals surface area contributed by atoms with Crippen LogP contribution in [-0.4, -0.2) is 11.7 Å². The number of aryl methyl sites for hydroxylation is 1. The van der Waals surface area contributed by atoms with Crippen LogP contribution in [0.4, 0.5) is 5.69 Å². The molecular weight excluding hydrogens is 418 g/mol. The van der Waals surface area contributed by atoms with Crippen molar-refractivity contribution >= 4 is 39.3 Å². The van der Waals surface area contributed by atoms with Crippen LogP contribution in [0.15, 0.2) is 86.4 Å². The molecule has 33 heavy (non-hydrogen) atoms. The molecule has 1 amide bonds. The number of carbonyl (C=O) groups is 2. The van der Waals surface area contributed by atoms with Gasteiger partial charge in [-0.25, -0.2) is 4.79 Å². The smallest absolute Gasteiger partial charge is 0.336 e. The highest BCUT2D eigenvalue weighted by Crippen LogP contribution is 2.40. The first-order valence-corrected chi connectivity index (χ1v) is 10.4. The van der Waals surface area contributed by atoms with Gasteiger partial charge in [-0.05, 0) is 54.4 Å². The van der Waals surface area contributed by atoms with Crippen LogP contribution in [0.25, 0.3) is 33.1 Å². The molecule has 162 valence electrons. The minimum Gasteiger partial charge on any atom is -0.452 e. The van der Waals surface area contributed by atoms with Gasteiger partial charge in [0, 0.05) is 35.2 Å². The van der Waals surface area contributed by atoms with Crippen LogP contribution in [0.5, 0.6) is 0 Å². The van der Waals surface area contributed by atoms with Crippen molar-refractivity contribution in [2.75, 3.05) is 5.32 Å². The summed E-state index contributed by atoms with van der Waals surface area (Å²) < 4.78 is 11.7. The molecule has 0 aliphatic rings. The van der Waals surface area contributed by atoms with Gasteiger partial charge in [0.1, 0.15) is 11.2 Å². The number of carbonyl (C=O) groups excluding carboxylic acids is 2. The lowest BCUT2D eigenvalue weighted by Crippen LogP contribution is -2.06. The first kappa shape index (κ1) is 20.5. The van der Waals surface area contributed by atoms with Gasteiger partial charge >= 0.3 is 5.63 Å². The van der Waals surface area contributed by atoms with Crippen molar-refractivity contribution in [3.05, 3.63) is 100 Å². The Kier molecular flexibility index (Phi) is 4.90. The second kappa shape index (κ2) is 7.91. The molecule has 0 atom stereocenters. The average molecular weight is 437 g/mol. The van der Waals surface area contributed by atoms with Crippen molar-refractivity contribution in [1.82, 2.24) is 0 Å². The Bertz CT molecular complexity index is 1590. The van der Waals surface area contributed by atoms with Crippen LogP contribution in [0.2, 0.25) is 0 Å². The Labute approximate surface area is 188 Å². The summed E-state index contributed by atoms with van der Waals surface area (Å²) in [6, 6.07) is 21.0. The third-order valence-corrected chi connectivity index (χ3v) is 5.51. The second-order valence-electron chi connectivity index (χ2n) is 7.82. The molecule has 0 spiro atoms. The van der Waals surface area contributed by atoms with E-state index in [1.165, 1.54) is 13.0 Å². The highest BCUT2D eigenvalue weighted by atomic mass is 16.4. The molecule has 0 saturated heterocycles. The quantitative estimate of drug-likeness (QED) is 0.288. The SMILES string of the molecule is CC(=O)Nc1ccc(C(=O)c2oc3ccc4c(C)cc(=O)oc4c3c2-c2ccccc2)cc1. The Morgan fingerprint density at radius 3 is 2.30 bits per heavy atom. The van der Waals surface area contributed by atoms with Crippen molar-refractivity contribution in [3.8, 4) is 11.1 Å². The average Bonchev–Trinajstić information content (AvgIpc) is 3.19. The van der Waals surface area contributed by atoms with Crippen LogP contribution in [-0.2, 0) is 4.79 Å². The predicted octanol–water partition coefficient (Wildman–Crippen LogP) is 5.70. The molecule has 6 heteroatoms. The summed E-state index contributed by atoms with van der Waals surface area (Å²) in [7, 11) is 0. The topological polar surface area (TPSA) is 89.5 Å². The maximum atomic E-state index is 13.5. The summed E-state index contributed by atoms with van der Waals surface area (Å²) in [5, 5.41) is 4.04. The molecule has 3 aromatic carbocycles. The molecule has 0 fully saturated rings. The van der Waals surface area contributed by atoms with E-state index < -0.39 is 5.63 Å². The van der Waals surface area contributed by atoms with Gasteiger partial charge in [0.25, 0.3) is 0 Å². The summed E-state index contributed by atoms with van der Waals surface area (Å²) in [5.74, 6) is -0.357. The molecule has 6 nitrogen and oxygen atoms in total. The van der Waals surface area contributed by atoms with E-state index in [1.54, 1.807) is 30.3 Å². The van der Waals surface area contributed by atoms with Crippen LogP contribution in [0.1, 0.15) is 28.6 Å². The Morgan fingerprint density at radius 2 is 1.61 bits per heavy atom. The predicted molar refractivity (Wildman–Crippen MR) is 127 cm³/mol. The lowest BCUT2D eigenvalue weighted by Gasteiger charge is -2.06. The fraction of sp³-hybridized carbons (Fsp3) is 0.0741. The van der Waals surface area contributed by atoms with Crippen molar-refractivity contribution in [2.24, 2.45) is 0 Å². The van der Waals surface area contributed by atoms with E-state index in [-0.39, 0.29) is 17.5 Å². The Balaban J connectivity index is 1.77. The number of hydrogen-bond donors (Lipinski definition) is 1. The summed E-state index contributed by atoms with van der Waals surface area (Å²) in [5.41, 5.74) is 3.50. The van der Waals surface area contributed by atoms with E-state index in [0.717, 1.165) is 16.5 Å². The summed E-state index contributed by atoms with van der Waals surface area (Å²) in [4.78, 5) is 37.0. The van der Waals surface area contributed by atoms with Gasteiger partial charge in [-0.1, -0.05) is 30.3 Å². The molecular formula is C27H19NO5. The van der Waals surface area contributed by atoms with Gasteiger partial charge in [-0.3, -0.25) is 9.59 Å². The highest BCUT2D eigenvalue weighted by Gasteiger charge is 2.25. The number of amides is 1. The maximum Gasteiger partial charge on any atom is 0.336 e. The minimum absolute atomic E-state index is 0.153. The monoisotopic (exact) mass is 437 g/mol. The molecule has 2 heterocycles.